The average Bonchev–Trinajstić information content (AvgIpc) is 3.32. The number of carbonyl (C=O) groups is 5. The highest BCUT2D eigenvalue weighted by atomic mass is 19.4. The zero-order valence-corrected chi connectivity index (χ0v) is 18.3. The molecule has 2 aliphatic heterocycles. The van der Waals surface area contributed by atoms with E-state index in [0.29, 0.717) is 13.0 Å². The number of alkyl halides is 3. The molecule has 0 radical (unpaired) electrons. The Bertz CT molecular complexity index is 772. The minimum atomic E-state index is -5.04. The maximum Gasteiger partial charge on any atom is 0.522 e. The number of carbonyl (C=O) groups excluding carboxylic acids is 5. The fourth-order valence-electron chi connectivity index (χ4n) is 3.63. The van der Waals surface area contributed by atoms with Crippen LogP contribution in [0.5, 0.6) is 0 Å². The summed E-state index contributed by atoms with van der Waals surface area (Å²) in [5, 5.41) is 7.42. The number of rotatable bonds is 11. The Labute approximate surface area is 188 Å². The third-order valence-corrected chi connectivity index (χ3v) is 5.28. The number of Topliss-reactive ketones (excluding diaryl/α,β-unsaturated/α-hetero) is 1. The summed E-state index contributed by atoms with van der Waals surface area (Å²) in [4.78, 5) is 60.9. The summed E-state index contributed by atoms with van der Waals surface area (Å²) in [6, 6.07) is -2.56. The predicted octanol–water partition coefficient (Wildman–Crippen LogP) is 0.339. The molecular formula is C20H28F3N3O7. The molecule has 3 N–H and O–H groups in total. The van der Waals surface area contributed by atoms with Crippen LogP contribution in [0.4, 0.5) is 13.2 Å². The second-order valence-corrected chi connectivity index (χ2v) is 8.48. The highest BCUT2D eigenvalue weighted by molar-refractivity contribution is 5.95. The fraction of sp³-hybridized carbons (Fsp3) is 0.750. The van der Waals surface area contributed by atoms with E-state index in [1.165, 1.54) is 0 Å². The van der Waals surface area contributed by atoms with Gasteiger partial charge in [0, 0.05) is 25.3 Å². The van der Waals surface area contributed by atoms with E-state index in [-0.39, 0.29) is 37.5 Å². The number of ketones is 1. The van der Waals surface area contributed by atoms with Gasteiger partial charge in [-0.25, -0.2) is 0 Å². The van der Waals surface area contributed by atoms with Crippen molar-refractivity contribution in [2.75, 3.05) is 13.2 Å². The van der Waals surface area contributed by atoms with Gasteiger partial charge in [-0.05, 0) is 25.2 Å². The molecule has 2 rings (SSSR count). The monoisotopic (exact) mass is 479 g/mol. The summed E-state index contributed by atoms with van der Waals surface area (Å²) in [5.41, 5.74) is 0. The molecule has 0 aromatic rings. The summed E-state index contributed by atoms with van der Waals surface area (Å²) >= 11 is 0. The van der Waals surface area contributed by atoms with Crippen molar-refractivity contribution < 1.29 is 46.6 Å². The molecule has 4 unspecified atom stereocenters. The number of cyclic esters (lactones) is 1. The molecule has 0 spiro atoms. The van der Waals surface area contributed by atoms with Crippen molar-refractivity contribution in [3.8, 4) is 0 Å². The molecule has 186 valence electrons. The number of esters is 1. The number of hydrogen-bond donors (Lipinski definition) is 3. The average molecular weight is 479 g/mol. The van der Waals surface area contributed by atoms with E-state index in [2.05, 4.69) is 20.7 Å². The number of halogens is 3. The van der Waals surface area contributed by atoms with Crippen molar-refractivity contribution in [2.24, 2.45) is 11.8 Å². The van der Waals surface area contributed by atoms with Crippen LogP contribution in [0.15, 0.2) is 0 Å². The molecule has 2 saturated heterocycles. The van der Waals surface area contributed by atoms with Crippen LogP contribution in [-0.4, -0.2) is 67.2 Å². The predicted molar refractivity (Wildman–Crippen MR) is 105 cm³/mol. The van der Waals surface area contributed by atoms with E-state index >= 15 is 0 Å². The lowest BCUT2D eigenvalue weighted by molar-refractivity contribution is -0.321. The molecule has 0 aliphatic carbocycles. The van der Waals surface area contributed by atoms with Gasteiger partial charge in [-0.15, -0.1) is 13.2 Å². The lowest BCUT2D eigenvalue weighted by Crippen LogP contribution is -2.54. The second kappa shape index (κ2) is 11.4. The zero-order valence-electron chi connectivity index (χ0n) is 18.3. The first kappa shape index (κ1) is 26.6. The quantitative estimate of drug-likeness (QED) is 0.363. The number of nitrogens with one attached hydrogen (secondary N) is 3. The van der Waals surface area contributed by atoms with Gasteiger partial charge in [0.2, 0.25) is 11.8 Å². The lowest BCUT2D eigenvalue weighted by atomic mass is 9.95. The van der Waals surface area contributed by atoms with Gasteiger partial charge >= 0.3 is 12.3 Å². The number of hydrogen-bond acceptors (Lipinski definition) is 7. The van der Waals surface area contributed by atoms with Crippen molar-refractivity contribution in [1.82, 2.24) is 16.0 Å². The summed E-state index contributed by atoms with van der Waals surface area (Å²) < 4.78 is 45.7. The van der Waals surface area contributed by atoms with Gasteiger partial charge in [0.1, 0.15) is 12.6 Å². The second-order valence-electron chi connectivity index (χ2n) is 8.48. The van der Waals surface area contributed by atoms with Crippen LogP contribution in [0.3, 0.4) is 0 Å². The van der Waals surface area contributed by atoms with Gasteiger partial charge in [0.05, 0.1) is 6.04 Å². The van der Waals surface area contributed by atoms with Crippen LogP contribution in [0.2, 0.25) is 0 Å². The third-order valence-electron chi connectivity index (χ3n) is 5.28. The van der Waals surface area contributed by atoms with E-state index < -0.39 is 60.6 Å². The molecule has 0 aromatic carbocycles. The minimum Gasteiger partial charge on any atom is -0.452 e. The smallest absolute Gasteiger partial charge is 0.452 e. The van der Waals surface area contributed by atoms with Crippen molar-refractivity contribution in [3.63, 3.8) is 0 Å². The summed E-state index contributed by atoms with van der Waals surface area (Å²) in [6.07, 6.45) is -5.55. The molecule has 4 atom stereocenters. The summed E-state index contributed by atoms with van der Waals surface area (Å²) in [6.45, 7) is 2.58. The van der Waals surface area contributed by atoms with Gasteiger partial charge < -0.3 is 20.7 Å². The summed E-state index contributed by atoms with van der Waals surface area (Å²) in [7, 11) is 0. The number of ether oxygens (including phenoxy) is 2. The molecule has 33 heavy (non-hydrogen) atoms. The van der Waals surface area contributed by atoms with Gasteiger partial charge in [-0.3, -0.25) is 28.7 Å². The van der Waals surface area contributed by atoms with Gasteiger partial charge in [-0.1, -0.05) is 13.8 Å². The SMILES string of the molecule is CC(C)CC(NC(=O)C1CCC(=O)O1)C(=O)NC(CC1CCNC1=O)C(=O)COC(F)(F)F. The highest BCUT2D eigenvalue weighted by Crippen LogP contribution is 2.20. The van der Waals surface area contributed by atoms with Gasteiger partial charge in [0.25, 0.3) is 5.91 Å². The van der Waals surface area contributed by atoms with Gasteiger partial charge in [-0.2, -0.15) is 0 Å². The standard InChI is InChI=1S/C20H28F3N3O7/c1-10(2)7-13(26-19(31)15-3-4-16(28)33-15)18(30)25-12(8-11-5-6-24-17(11)29)14(27)9-32-20(21,22)23/h10-13,15H,3-9H2,1-2H3,(H,24,29)(H,25,30)(H,26,31). The first-order valence-electron chi connectivity index (χ1n) is 10.7. The normalized spacial score (nSPS) is 22.5. The molecule has 0 bridgehead atoms. The van der Waals surface area contributed by atoms with Crippen molar-refractivity contribution >= 4 is 29.5 Å². The zero-order chi connectivity index (χ0) is 24.8. The minimum absolute atomic E-state index is 0.0678. The topological polar surface area (TPSA) is 140 Å². The van der Waals surface area contributed by atoms with E-state index in [4.69, 9.17) is 4.74 Å². The molecule has 0 saturated carbocycles. The van der Waals surface area contributed by atoms with Crippen LogP contribution in [-0.2, 0) is 33.4 Å². The van der Waals surface area contributed by atoms with Crippen LogP contribution >= 0.6 is 0 Å². The maximum atomic E-state index is 12.9. The fourth-order valence-corrected chi connectivity index (χ4v) is 3.63. The maximum absolute atomic E-state index is 12.9. The lowest BCUT2D eigenvalue weighted by Gasteiger charge is -2.25. The van der Waals surface area contributed by atoms with E-state index in [9.17, 15) is 37.1 Å². The Kier molecular flexibility index (Phi) is 9.20. The molecule has 0 aromatic heterocycles. The first-order valence-corrected chi connectivity index (χ1v) is 10.7. The Hall–Kier alpha value is -2.70. The van der Waals surface area contributed by atoms with Crippen LogP contribution in [0, 0.1) is 11.8 Å². The van der Waals surface area contributed by atoms with E-state index in [1.54, 1.807) is 13.8 Å². The van der Waals surface area contributed by atoms with Crippen LogP contribution in [0.1, 0.15) is 46.0 Å². The molecule has 2 aliphatic rings. The Morgan fingerprint density at radius 1 is 1.15 bits per heavy atom. The first-order chi connectivity index (χ1) is 15.4. The molecule has 2 fully saturated rings. The van der Waals surface area contributed by atoms with Crippen LogP contribution < -0.4 is 16.0 Å². The van der Waals surface area contributed by atoms with Gasteiger partial charge in [0.15, 0.2) is 11.9 Å². The van der Waals surface area contributed by atoms with Crippen molar-refractivity contribution in [1.29, 1.82) is 0 Å². The van der Waals surface area contributed by atoms with Crippen molar-refractivity contribution in [2.45, 2.75) is 70.5 Å². The number of amides is 3. The van der Waals surface area contributed by atoms with E-state index in [0.717, 1.165) is 0 Å². The van der Waals surface area contributed by atoms with Crippen molar-refractivity contribution in [3.05, 3.63) is 0 Å². The molecular weight excluding hydrogens is 451 g/mol. The summed E-state index contributed by atoms with van der Waals surface area (Å²) in [5.74, 6) is -4.18. The van der Waals surface area contributed by atoms with E-state index in [1.807, 2.05) is 0 Å². The Morgan fingerprint density at radius 3 is 2.36 bits per heavy atom. The Balaban J connectivity index is 2.10. The molecule has 10 nitrogen and oxygen atoms in total. The Morgan fingerprint density at radius 2 is 1.85 bits per heavy atom. The highest BCUT2D eigenvalue weighted by Gasteiger charge is 2.37. The van der Waals surface area contributed by atoms with Crippen LogP contribution in [0.25, 0.3) is 0 Å². The largest absolute Gasteiger partial charge is 0.522 e. The third kappa shape index (κ3) is 8.63. The molecule has 3 amide bonds. The molecule has 13 heteroatoms. The molecule has 2 heterocycles.